The molecule has 1 heterocycles. The summed E-state index contributed by atoms with van der Waals surface area (Å²) in [5.74, 6) is 1.71. The molecule has 4 nitrogen and oxygen atoms in total. The lowest BCUT2D eigenvalue weighted by Gasteiger charge is -2.27. The Bertz CT molecular complexity index is 431. The highest BCUT2D eigenvalue weighted by atomic mass is 16.5. The summed E-state index contributed by atoms with van der Waals surface area (Å²) in [6, 6.07) is 6.32. The van der Waals surface area contributed by atoms with E-state index in [4.69, 9.17) is 9.47 Å². The molecule has 0 saturated carbocycles. The minimum Gasteiger partial charge on any atom is -0.493 e. The number of hydrogen-bond acceptors (Lipinski definition) is 4. The molecule has 0 unspecified atom stereocenters. The van der Waals surface area contributed by atoms with E-state index >= 15 is 0 Å². The average Bonchev–Trinajstić information content (AvgIpc) is 2.58. The second kappa shape index (κ2) is 9.70. The molecule has 124 valence electrons. The van der Waals surface area contributed by atoms with Crippen LogP contribution < -0.4 is 14.8 Å². The molecule has 1 aliphatic rings. The standard InChI is InChI=1S/C18H30N2O2/c1-3-14-22-18-15-16(7-8-17(18)21-2)6-4-5-11-20-12-9-19-10-13-20/h7-8,15,19H,3-6,9-14H2,1-2H3. The molecule has 1 aliphatic heterocycles. The Morgan fingerprint density at radius 1 is 1.14 bits per heavy atom. The molecule has 0 bridgehead atoms. The molecule has 0 atom stereocenters. The summed E-state index contributed by atoms with van der Waals surface area (Å²) in [4.78, 5) is 2.56. The third kappa shape index (κ3) is 5.50. The topological polar surface area (TPSA) is 33.7 Å². The summed E-state index contributed by atoms with van der Waals surface area (Å²) in [5.41, 5.74) is 1.34. The van der Waals surface area contributed by atoms with Crippen LogP contribution in [-0.2, 0) is 6.42 Å². The fourth-order valence-corrected chi connectivity index (χ4v) is 2.80. The first-order chi connectivity index (χ1) is 10.8. The second-order valence-corrected chi connectivity index (χ2v) is 5.88. The lowest BCUT2D eigenvalue weighted by Crippen LogP contribution is -2.43. The van der Waals surface area contributed by atoms with Crippen molar-refractivity contribution in [3.63, 3.8) is 0 Å². The van der Waals surface area contributed by atoms with Gasteiger partial charge in [-0.15, -0.1) is 0 Å². The number of methoxy groups -OCH3 is 1. The van der Waals surface area contributed by atoms with Crippen LogP contribution in [0.4, 0.5) is 0 Å². The number of benzene rings is 1. The van der Waals surface area contributed by atoms with Crippen LogP contribution in [-0.4, -0.2) is 51.3 Å². The van der Waals surface area contributed by atoms with Gasteiger partial charge in [0.1, 0.15) is 0 Å². The first kappa shape index (κ1) is 17.1. The quantitative estimate of drug-likeness (QED) is 0.711. The summed E-state index contributed by atoms with van der Waals surface area (Å²) in [5, 5.41) is 3.40. The first-order valence-corrected chi connectivity index (χ1v) is 8.56. The van der Waals surface area contributed by atoms with Crippen molar-refractivity contribution in [2.45, 2.75) is 32.6 Å². The fourth-order valence-electron chi connectivity index (χ4n) is 2.80. The Morgan fingerprint density at radius 2 is 1.95 bits per heavy atom. The van der Waals surface area contributed by atoms with Crippen molar-refractivity contribution in [3.05, 3.63) is 23.8 Å². The van der Waals surface area contributed by atoms with Crippen molar-refractivity contribution in [1.29, 1.82) is 0 Å². The number of piperazine rings is 1. The number of rotatable bonds is 9. The van der Waals surface area contributed by atoms with Gasteiger partial charge < -0.3 is 19.7 Å². The Kier molecular flexibility index (Phi) is 7.54. The van der Waals surface area contributed by atoms with E-state index < -0.39 is 0 Å². The summed E-state index contributed by atoms with van der Waals surface area (Å²) in [7, 11) is 1.70. The smallest absolute Gasteiger partial charge is 0.161 e. The van der Waals surface area contributed by atoms with E-state index in [2.05, 4.69) is 29.3 Å². The van der Waals surface area contributed by atoms with Gasteiger partial charge in [-0.1, -0.05) is 13.0 Å². The van der Waals surface area contributed by atoms with Crippen LogP contribution in [0.3, 0.4) is 0 Å². The van der Waals surface area contributed by atoms with Crippen molar-refractivity contribution in [2.75, 3.05) is 46.4 Å². The Morgan fingerprint density at radius 3 is 2.68 bits per heavy atom. The Hall–Kier alpha value is -1.26. The highest BCUT2D eigenvalue weighted by Gasteiger charge is 2.09. The van der Waals surface area contributed by atoms with Crippen molar-refractivity contribution in [2.24, 2.45) is 0 Å². The molecule has 2 rings (SSSR count). The zero-order valence-electron chi connectivity index (χ0n) is 14.1. The maximum absolute atomic E-state index is 5.78. The summed E-state index contributed by atoms with van der Waals surface area (Å²) >= 11 is 0. The number of nitrogens with zero attached hydrogens (tertiary/aromatic N) is 1. The van der Waals surface area contributed by atoms with E-state index in [1.54, 1.807) is 7.11 Å². The molecule has 0 spiro atoms. The van der Waals surface area contributed by atoms with Crippen molar-refractivity contribution >= 4 is 0 Å². The van der Waals surface area contributed by atoms with Crippen LogP contribution in [0.5, 0.6) is 11.5 Å². The predicted molar refractivity (Wildman–Crippen MR) is 91.0 cm³/mol. The van der Waals surface area contributed by atoms with Crippen LogP contribution in [0.25, 0.3) is 0 Å². The fraction of sp³-hybridized carbons (Fsp3) is 0.667. The molecule has 0 aliphatic carbocycles. The van der Waals surface area contributed by atoms with Gasteiger partial charge in [-0.05, 0) is 49.9 Å². The van der Waals surface area contributed by atoms with Gasteiger partial charge in [0.2, 0.25) is 0 Å². The van der Waals surface area contributed by atoms with Gasteiger partial charge in [0.15, 0.2) is 11.5 Å². The van der Waals surface area contributed by atoms with Crippen molar-refractivity contribution in [3.8, 4) is 11.5 Å². The van der Waals surface area contributed by atoms with Crippen molar-refractivity contribution in [1.82, 2.24) is 10.2 Å². The highest BCUT2D eigenvalue weighted by Crippen LogP contribution is 2.28. The predicted octanol–water partition coefficient (Wildman–Crippen LogP) is 2.71. The van der Waals surface area contributed by atoms with E-state index in [0.717, 1.165) is 44.0 Å². The van der Waals surface area contributed by atoms with E-state index in [1.807, 2.05) is 6.07 Å². The highest BCUT2D eigenvalue weighted by molar-refractivity contribution is 5.43. The molecule has 22 heavy (non-hydrogen) atoms. The van der Waals surface area contributed by atoms with Crippen LogP contribution in [0.1, 0.15) is 31.7 Å². The van der Waals surface area contributed by atoms with Crippen LogP contribution in [0.2, 0.25) is 0 Å². The van der Waals surface area contributed by atoms with Crippen molar-refractivity contribution < 1.29 is 9.47 Å². The molecule has 4 heteroatoms. The summed E-state index contributed by atoms with van der Waals surface area (Å²) in [6.07, 6.45) is 4.61. The largest absolute Gasteiger partial charge is 0.493 e. The molecule has 0 radical (unpaired) electrons. The lowest BCUT2D eigenvalue weighted by molar-refractivity contribution is 0.237. The van der Waals surface area contributed by atoms with Crippen LogP contribution in [0.15, 0.2) is 18.2 Å². The van der Waals surface area contributed by atoms with E-state index in [9.17, 15) is 0 Å². The molecule has 0 aromatic heterocycles. The SMILES string of the molecule is CCCOc1cc(CCCCN2CCNCC2)ccc1OC. The van der Waals surface area contributed by atoms with Crippen LogP contribution in [0, 0.1) is 0 Å². The maximum Gasteiger partial charge on any atom is 0.161 e. The minimum absolute atomic E-state index is 0.739. The van der Waals surface area contributed by atoms with Gasteiger partial charge in [-0.2, -0.15) is 0 Å². The van der Waals surface area contributed by atoms with E-state index in [0.29, 0.717) is 0 Å². The third-order valence-electron chi connectivity index (χ3n) is 4.09. The summed E-state index contributed by atoms with van der Waals surface area (Å²) in [6.45, 7) is 8.73. The van der Waals surface area contributed by atoms with Gasteiger partial charge in [0.05, 0.1) is 13.7 Å². The Balaban J connectivity index is 1.76. The first-order valence-electron chi connectivity index (χ1n) is 8.56. The molecule has 1 fully saturated rings. The third-order valence-corrected chi connectivity index (χ3v) is 4.09. The average molecular weight is 306 g/mol. The van der Waals surface area contributed by atoms with E-state index in [1.165, 1.54) is 38.0 Å². The lowest BCUT2D eigenvalue weighted by atomic mass is 10.1. The van der Waals surface area contributed by atoms with Gasteiger partial charge in [-0.25, -0.2) is 0 Å². The molecule has 1 saturated heterocycles. The molecule has 1 N–H and O–H groups in total. The molecular weight excluding hydrogens is 276 g/mol. The van der Waals surface area contributed by atoms with Crippen LogP contribution >= 0.6 is 0 Å². The zero-order valence-corrected chi connectivity index (χ0v) is 14.1. The number of ether oxygens (including phenoxy) is 2. The second-order valence-electron chi connectivity index (χ2n) is 5.88. The Labute approximate surface area is 134 Å². The van der Waals surface area contributed by atoms with Gasteiger partial charge in [0.25, 0.3) is 0 Å². The number of nitrogens with one attached hydrogen (secondary N) is 1. The van der Waals surface area contributed by atoms with Gasteiger partial charge in [0, 0.05) is 26.2 Å². The minimum atomic E-state index is 0.739. The molecular formula is C18H30N2O2. The number of aryl methyl sites for hydroxylation is 1. The van der Waals surface area contributed by atoms with Gasteiger partial charge >= 0.3 is 0 Å². The number of hydrogen-bond donors (Lipinski definition) is 1. The molecule has 1 aromatic carbocycles. The zero-order chi connectivity index (χ0) is 15.6. The maximum atomic E-state index is 5.78. The molecule has 1 aromatic rings. The summed E-state index contributed by atoms with van der Waals surface area (Å²) < 4.78 is 11.1. The monoisotopic (exact) mass is 306 g/mol. The van der Waals surface area contributed by atoms with Gasteiger partial charge in [-0.3, -0.25) is 0 Å². The number of unbranched alkanes of at least 4 members (excludes halogenated alkanes) is 1. The molecule has 0 amide bonds. The normalized spacial score (nSPS) is 15.7. The van der Waals surface area contributed by atoms with E-state index in [-0.39, 0.29) is 0 Å².